The minimum atomic E-state index is -0.150. The topological polar surface area (TPSA) is 38.8 Å². The maximum Gasteiger partial charge on any atom is 0.231 e. The Labute approximate surface area is 137 Å². The number of carbonyl (C=O) groups is 1. The van der Waals surface area contributed by atoms with E-state index in [1.807, 2.05) is 37.1 Å². The van der Waals surface area contributed by atoms with Crippen molar-refractivity contribution in [1.82, 2.24) is 4.90 Å². The van der Waals surface area contributed by atoms with E-state index < -0.39 is 0 Å². The van der Waals surface area contributed by atoms with Crippen LogP contribution in [-0.2, 0) is 4.79 Å². The second kappa shape index (κ2) is 6.90. The molecule has 1 unspecified atom stereocenters. The molecule has 3 rings (SSSR count). The van der Waals surface area contributed by atoms with Gasteiger partial charge in [0.05, 0.1) is 5.92 Å². The molecule has 1 aliphatic heterocycles. The number of hydrogen-bond acceptors (Lipinski definition) is 3. The van der Waals surface area contributed by atoms with Crippen molar-refractivity contribution in [3.8, 4) is 11.5 Å². The molecule has 1 aliphatic carbocycles. The molecule has 0 fully saturated rings. The van der Waals surface area contributed by atoms with E-state index in [0.29, 0.717) is 6.54 Å². The normalized spacial score (nSPS) is 16.9. The highest BCUT2D eigenvalue weighted by atomic mass is 16.7. The average Bonchev–Trinajstić information content (AvgIpc) is 3.04. The number of likely N-dealkylation sites (N-methyl/N-ethyl adjacent to an activating group) is 1. The van der Waals surface area contributed by atoms with Gasteiger partial charge < -0.3 is 14.4 Å². The van der Waals surface area contributed by atoms with Crippen LogP contribution >= 0.6 is 0 Å². The van der Waals surface area contributed by atoms with Gasteiger partial charge in [-0.3, -0.25) is 4.79 Å². The maximum absolute atomic E-state index is 12.9. The van der Waals surface area contributed by atoms with Crippen LogP contribution < -0.4 is 9.47 Å². The number of rotatable bonds is 5. The van der Waals surface area contributed by atoms with Crippen molar-refractivity contribution in [2.45, 2.75) is 32.1 Å². The Balaban J connectivity index is 1.73. The smallest absolute Gasteiger partial charge is 0.231 e. The van der Waals surface area contributed by atoms with Crippen LogP contribution in [0.1, 0.15) is 37.7 Å². The van der Waals surface area contributed by atoms with Gasteiger partial charge in [-0.15, -0.1) is 0 Å². The fraction of sp³-hybridized carbons (Fsp3) is 0.421. The predicted octanol–water partition coefficient (Wildman–Crippen LogP) is 3.64. The molecule has 2 aliphatic rings. The number of fused-ring (bicyclic) bond motifs is 1. The summed E-state index contributed by atoms with van der Waals surface area (Å²) in [4.78, 5) is 14.7. The molecule has 4 nitrogen and oxygen atoms in total. The molecular weight excluding hydrogens is 290 g/mol. The zero-order valence-electron chi connectivity index (χ0n) is 13.7. The van der Waals surface area contributed by atoms with Gasteiger partial charge in [0, 0.05) is 13.6 Å². The summed E-state index contributed by atoms with van der Waals surface area (Å²) in [5, 5.41) is 0. The fourth-order valence-corrected chi connectivity index (χ4v) is 3.09. The van der Waals surface area contributed by atoms with Crippen molar-refractivity contribution in [3.63, 3.8) is 0 Å². The van der Waals surface area contributed by atoms with Crippen LogP contribution in [0.2, 0.25) is 0 Å². The highest BCUT2D eigenvalue weighted by Crippen LogP contribution is 2.35. The van der Waals surface area contributed by atoms with Crippen molar-refractivity contribution in [1.29, 1.82) is 0 Å². The summed E-state index contributed by atoms with van der Waals surface area (Å²) < 4.78 is 10.8. The van der Waals surface area contributed by atoms with Crippen molar-refractivity contribution >= 4 is 5.91 Å². The molecule has 0 aromatic heterocycles. The number of benzene rings is 1. The second-order valence-corrected chi connectivity index (χ2v) is 6.03. The molecule has 1 aromatic carbocycles. The first kappa shape index (κ1) is 15.7. The zero-order chi connectivity index (χ0) is 16.2. The van der Waals surface area contributed by atoms with Gasteiger partial charge in [-0.05, 0) is 42.5 Å². The molecule has 0 N–H and O–H groups in total. The van der Waals surface area contributed by atoms with Crippen LogP contribution in [0, 0.1) is 0 Å². The highest BCUT2D eigenvalue weighted by molar-refractivity contribution is 5.84. The third kappa shape index (κ3) is 3.41. The molecule has 122 valence electrons. The van der Waals surface area contributed by atoms with Crippen LogP contribution in [0.4, 0.5) is 0 Å². The van der Waals surface area contributed by atoms with E-state index in [-0.39, 0.29) is 18.6 Å². The van der Waals surface area contributed by atoms with Gasteiger partial charge in [-0.2, -0.15) is 0 Å². The lowest BCUT2D eigenvalue weighted by atomic mass is 9.94. The molecule has 0 bridgehead atoms. The minimum Gasteiger partial charge on any atom is -0.454 e. The first-order chi connectivity index (χ1) is 11.2. The van der Waals surface area contributed by atoms with E-state index in [2.05, 4.69) is 18.2 Å². The Hall–Kier alpha value is -2.23. The summed E-state index contributed by atoms with van der Waals surface area (Å²) in [6.07, 6.45) is 9.42. The first-order valence-corrected chi connectivity index (χ1v) is 8.19. The second-order valence-electron chi connectivity index (χ2n) is 6.03. The van der Waals surface area contributed by atoms with Gasteiger partial charge in [0.2, 0.25) is 12.7 Å². The third-order valence-corrected chi connectivity index (χ3v) is 4.37. The van der Waals surface area contributed by atoms with E-state index in [9.17, 15) is 4.79 Å². The van der Waals surface area contributed by atoms with E-state index >= 15 is 0 Å². The largest absolute Gasteiger partial charge is 0.454 e. The number of carbonyl (C=O) groups excluding carboxylic acids is 1. The van der Waals surface area contributed by atoms with Gasteiger partial charge in [-0.25, -0.2) is 0 Å². The summed E-state index contributed by atoms with van der Waals surface area (Å²) in [5.74, 6) is 1.48. The van der Waals surface area contributed by atoms with E-state index in [1.54, 1.807) is 0 Å². The standard InChI is InChI=1S/C19H23NO3/c1-3-16(15-9-10-17-18(11-15)23-13-22-17)19(21)20(2)12-14-7-5-4-6-8-14/h5,7-11,16H,3-4,6,12-13H2,1-2H3. The fourth-order valence-electron chi connectivity index (χ4n) is 3.09. The summed E-state index contributed by atoms with van der Waals surface area (Å²) >= 11 is 0. The Morgan fingerprint density at radius 3 is 2.83 bits per heavy atom. The zero-order valence-corrected chi connectivity index (χ0v) is 13.7. The van der Waals surface area contributed by atoms with Crippen LogP contribution in [0.25, 0.3) is 0 Å². The number of nitrogens with zero attached hydrogens (tertiary/aromatic N) is 1. The Morgan fingerprint density at radius 1 is 1.26 bits per heavy atom. The van der Waals surface area contributed by atoms with Crippen molar-refractivity contribution in [3.05, 3.63) is 47.6 Å². The monoisotopic (exact) mass is 313 g/mol. The summed E-state index contributed by atoms with van der Waals surface area (Å²) in [6.45, 7) is 2.96. The lowest BCUT2D eigenvalue weighted by Crippen LogP contribution is -2.33. The molecule has 0 saturated carbocycles. The number of allylic oxidation sites excluding steroid dienone is 2. The van der Waals surface area contributed by atoms with Crippen molar-refractivity contribution < 1.29 is 14.3 Å². The molecule has 1 atom stereocenters. The molecule has 4 heteroatoms. The van der Waals surface area contributed by atoms with Gasteiger partial charge in [0.25, 0.3) is 0 Å². The molecule has 1 amide bonds. The lowest BCUT2D eigenvalue weighted by Gasteiger charge is -2.24. The molecule has 1 aromatic rings. The molecular formula is C19H23NO3. The van der Waals surface area contributed by atoms with Crippen molar-refractivity contribution in [2.24, 2.45) is 0 Å². The summed E-state index contributed by atoms with van der Waals surface area (Å²) in [6, 6.07) is 5.79. The predicted molar refractivity (Wildman–Crippen MR) is 89.7 cm³/mol. The average molecular weight is 313 g/mol. The van der Waals surface area contributed by atoms with E-state index in [0.717, 1.165) is 36.3 Å². The van der Waals surface area contributed by atoms with Gasteiger partial charge in [0.15, 0.2) is 11.5 Å². The number of amides is 1. The van der Waals surface area contributed by atoms with Crippen LogP contribution in [0.3, 0.4) is 0 Å². The number of hydrogen-bond donors (Lipinski definition) is 0. The SMILES string of the molecule is CCC(C(=O)N(C)CC1=CCCC=C1)c1ccc2c(c1)OCO2. The minimum absolute atomic E-state index is 0.145. The molecule has 23 heavy (non-hydrogen) atoms. The van der Waals surface area contributed by atoms with Gasteiger partial charge in [0.1, 0.15) is 0 Å². The Morgan fingerprint density at radius 2 is 2.09 bits per heavy atom. The van der Waals surface area contributed by atoms with Crippen LogP contribution in [0.15, 0.2) is 42.0 Å². The Bertz CT molecular complexity index is 648. The van der Waals surface area contributed by atoms with E-state index in [4.69, 9.17) is 9.47 Å². The van der Waals surface area contributed by atoms with Gasteiger partial charge >= 0.3 is 0 Å². The molecule has 0 radical (unpaired) electrons. The van der Waals surface area contributed by atoms with Crippen LogP contribution in [0.5, 0.6) is 11.5 Å². The van der Waals surface area contributed by atoms with Crippen molar-refractivity contribution in [2.75, 3.05) is 20.4 Å². The quantitative estimate of drug-likeness (QED) is 0.833. The van der Waals surface area contributed by atoms with Gasteiger partial charge in [-0.1, -0.05) is 31.2 Å². The molecule has 0 spiro atoms. The molecule has 1 heterocycles. The number of ether oxygens (including phenoxy) is 2. The third-order valence-electron chi connectivity index (χ3n) is 4.37. The van der Waals surface area contributed by atoms with E-state index in [1.165, 1.54) is 5.57 Å². The van der Waals surface area contributed by atoms with Crippen LogP contribution in [-0.4, -0.2) is 31.2 Å². The highest BCUT2D eigenvalue weighted by Gasteiger charge is 2.25. The molecule has 0 saturated heterocycles. The summed E-state index contributed by atoms with van der Waals surface area (Å²) in [5.41, 5.74) is 2.20. The lowest BCUT2D eigenvalue weighted by molar-refractivity contribution is -0.131. The first-order valence-electron chi connectivity index (χ1n) is 8.19. The Kier molecular flexibility index (Phi) is 4.70. The maximum atomic E-state index is 12.9. The summed E-state index contributed by atoms with van der Waals surface area (Å²) in [7, 11) is 1.88.